The molecule has 1 N–H and O–H groups in total. The molecule has 21 heavy (non-hydrogen) atoms. The molecule has 1 atom stereocenters. The van der Waals surface area contributed by atoms with Crippen molar-refractivity contribution < 1.29 is 0 Å². The van der Waals surface area contributed by atoms with Crippen LogP contribution in [0.25, 0.3) is 4.96 Å². The summed E-state index contributed by atoms with van der Waals surface area (Å²) in [7, 11) is 0. The van der Waals surface area contributed by atoms with E-state index in [1.54, 1.807) is 11.3 Å². The highest BCUT2D eigenvalue weighted by Crippen LogP contribution is 2.30. The molecule has 1 aliphatic rings. The van der Waals surface area contributed by atoms with E-state index in [0.29, 0.717) is 6.04 Å². The lowest BCUT2D eigenvalue weighted by Gasteiger charge is -2.34. The highest BCUT2D eigenvalue weighted by Gasteiger charge is 2.25. The van der Waals surface area contributed by atoms with Gasteiger partial charge in [-0.3, -0.25) is 4.40 Å². The first-order chi connectivity index (χ1) is 9.96. The number of hydrogen-bond acceptors (Lipinski definition) is 4. The highest BCUT2D eigenvalue weighted by molar-refractivity contribution is 7.15. The van der Waals surface area contributed by atoms with Crippen LogP contribution < -0.4 is 10.2 Å². The van der Waals surface area contributed by atoms with Crippen LogP contribution in [0.5, 0.6) is 0 Å². The van der Waals surface area contributed by atoms with Crippen LogP contribution in [-0.4, -0.2) is 27.5 Å². The zero-order valence-electron chi connectivity index (χ0n) is 13.5. The van der Waals surface area contributed by atoms with Crippen LogP contribution in [0.1, 0.15) is 52.7 Å². The van der Waals surface area contributed by atoms with E-state index >= 15 is 0 Å². The molecule has 116 valence electrons. The van der Waals surface area contributed by atoms with E-state index in [1.807, 2.05) is 0 Å². The van der Waals surface area contributed by atoms with Gasteiger partial charge in [-0.15, -0.1) is 11.3 Å². The number of hydrogen-bond donors (Lipinski definition) is 1. The molecule has 0 aliphatic carbocycles. The Morgan fingerprint density at radius 2 is 2.19 bits per heavy atom. The minimum atomic E-state index is 0.116. The smallest absolute Gasteiger partial charge is 0.195 e. The maximum atomic E-state index is 4.91. The summed E-state index contributed by atoms with van der Waals surface area (Å²) in [5, 5.41) is 5.74. The van der Waals surface area contributed by atoms with Gasteiger partial charge in [0.25, 0.3) is 0 Å². The summed E-state index contributed by atoms with van der Waals surface area (Å²) in [4.78, 5) is 8.52. The summed E-state index contributed by atoms with van der Waals surface area (Å²) in [5.74, 6) is 1.19. The van der Waals surface area contributed by atoms with Crippen molar-refractivity contribution in [3.05, 3.63) is 17.3 Å². The van der Waals surface area contributed by atoms with Gasteiger partial charge in [-0.1, -0.05) is 0 Å². The Balaban J connectivity index is 1.95. The van der Waals surface area contributed by atoms with Gasteiger partial charge in [0, 0.05) is 36.2 Å². The first-order valence-corrected chi connectivity index (χ1v) is 8.80. The molecule has 0 spiro atoms. The number of aromatic nitrogens is 2. The predicted molar refractivity (Wildman–Crippen MR) is 90.3 cm³/mol. The lowest BCUT2D eigenvalue weighted by atomic mass is 10.0. The summed E-state index contributed by atoms with van der Waals surface area (Å²) in [6.45, 7) is 11.0. The van der Waals surface area contributed by atoms with Gasteiger partial charge in [0.2, 0.25) is 0 Å². The molecule has 1 fully saturated rings. The van der Waals surface area contributed by atoms with E-state index < -0.39 is 0 Å². The van der Waals surface area contributed by atoms with Crippen molar-refractivity contribution in [1.82, 2.24) is 14.7 Å². The number of fused-ring (bicyclic) bond motifs is 1. The fourth-order valence-electron chi connectivity index (χ4n) is 2.98. The Morgan fingerprint density at radius 3 is 2.90 bits per heavy atom. The number of nitrogens with one attached hydrogen (secondary N) is 1. The maximum Gasteiger partial charge on any atom is 0.195 e. The first kappa shape index (κ1) is 14.9. The molecular weight excluding hydrogens is 280 g/mol. The molecule has 2 aromatic heterocycles. The molecule has 5 heteroatoms. The number of thiazole rings is 1. The molecule has 0 radical (unpaired) electrons. The topological polar surface area (TPSA) is 32.6 Å². The first-order valence-electron chi connectivity index (χ1n) is 7.92. The van der Waals surface area contributed by atoms with Gasteiger partial charge in [-0.05, 0) is 47.0 Å². The molecule has 3 heterocycles. The summed E-state index contributed by atoms with van der Waals surface area (Å²) in [6, 6.07) is 0.594. The van der Waals surface area contributed by atoms with E-state index in [-0.39, 0.29) is 5.54 Å². The van der Waals surface area contributed by atoms with E-state index in [1.165, 1.54) is 30.8 Å². The van der Waals surface area contributed by atoms with Gasteiger partial charge < -0.3 is 10.2 Å². The van der Waals surface area contributed by atoms with Crippen LogP contribution in [0.2, 0.25) is 0 Å². The molecule has 1 unspecified atom stereocenters. The summed E-state index contributed by atoms with van der Waals surface area (Å²) < 4.78 is 2.25. The monoisotopic (exact) mass is 306 g/mol. The van der Waals surface area contributed by atoms with Gasteiger partial charge >= 0.3 is 0 Å². The second kappa shape index (κ2) is 5.61. The Kier molecular flexibility index (Phi) is 3.97. The number of rotatable bonds is 3. The molecule has 0 bridgehead atoms. The minimum Gasteiger partial charge on any atom is -0.352 e. The quantitative estimate of drug-likeness (QED) is 0.939. The largest absolute Gasteiger partial charge is 0.352 e. The number of piperidine rings is 1. The molecule has 2 aromatic rings. The van der Waals surface area contributed by atoms with Crippen molar-refractivity contribution in [2.75, 3.05) is 11.4 Å². The number of anilines is 1. The zero-order chi connectivity index (χ0) is 15.0. The molecule has 3 rings (SSSR count). The van der Waals surface area contributed by atoms with Gasteiger partial charge in [0.15, 0.2) is 10.8 Å². The van der Waals surface area contributed by atoms with Crippen molar-refractivity contribution in [2.24, 2.45) is 0 Å². The van der Waals surface area contributed by atoms with Crippen molar-refractivity contribution >= 4 is 22.1 Å². The summed E-state index contributed by atoms with van der Waals surface area (Å²) in [6.07, 6.45) is 6.04. The van der Waals surface area contributed by atoms with Crippen molar-refractivity contribution in [3.8, 4) is 0 Å². The third-order valence-corrected chi connectivity index (χ3v) is 4.96. The Morgan fingerprint density at radius 1 is 1.38 bits per heavy atom. The SMILES string of the molecule is CC1CCCCN1c1nc2sccn2c1CNC(C)(C)C. The molecule has 0 saturated carbocycles. The van der Waals surface area contributed by atoms with Crippen LogP contribution in [0.3, 0.4) is 0 Å². The number of imidazole rings is 1. The van der Waals surface area contributed by atoms with Crippen molar-refractivity contribution in [3.63, 3.8) is 0 Å². The molecule has 1 saturated heterocycles. The minimum absolute atomic E-state index is 0.116. The fraction of sp³-hybridized carbons (Fsp3) is 0.688. The lowest BCUT2D eigenvalue weighted by Crippen LogP contribution is -2.40. The second-order valence-electron chi connectivity index (χ2n) is 7.08. The van der Waals surface area contributed by atoms with Crippen LogP contribution >= 0.6 is 11.3 Å². The van der Waals surface area contributed by atoms with Crippen LogP contribution in [-0.2, 0) is 6.54 Å². The van der Waals surface area contributed by atoms with Crippen molar-refractivity contribution in [1.29, 1.82) is 0 Å². The Labute approximate surface area is 131 Å². The molecule has 0 aromatic carbocycles. The van der Waals surface area contributed by atoms with E-state index in [2.05, 4.69) is 53.9 Å². The summed E-state index contributed by atoms with van der Waals surface area (Å²) >= 11 is 1.72. The van der Waals surface area contributed by atoms with E-state index in [4.69, 9.17) is 4.98 Å². The van der Waals surface area contributed by atoms with Gasteiger partial charge in [0.05, 0.1) is 5.69 Å². The standard InChI is InChI=1S/C16H26N4S/c1-12-7-5-6-8-19(12)14-13(11-17-16(2,3)4)20-9-10-21-15(20)18-14/h9-10,12,17H,5-8,11H2,1-4H3. The van der Waals surface area contributed by atoms with Gasteiger partial charge in [-0.25, -0.2) is 4.98 Å². The Hall–Kier alpha value is -1.07. The third-order valence-electron chi connectivity index (χ3n) is 4.20. The average Bonchev–Trinajstić information content (AvgIpc) is 2.96. The zero-order valence-corrected chi connectivity index (χ0v) is 14.3. The van der Waals surface area contributed by atoms with E-state index in [9.17, 15) is 0 Å². The molecule has 1 aliphatic heterocycles. The second-order valence-corrected chi connectivity index (χ2v) is 7.95. The third kappa shape index (κ3) is 3.09. The van der Waals surface area contributed by atoms with Crippen LogP contribution in [0.4, 0.5) is 5.82 Å². The molecular formula is C16H26N4S. The maximum absolute atomic E-state index is 4.91. The van der Waals surface area contributed by atoms with Gasteiger partial charge in [0.1, 0.15) is 0 Å². The average molecular weight is 306 g/mol. The lowest BCUT2D eigenvalue weighted by molar-refractivity contribution is 0.419. The van der Waals surface area contributed by atoms with Crippen LogP contribution in [0, 0.1) is 0 Å². The summed E-state index contributed by atoms with van der Waals surface area (Å²) in [5.41, 5.74) is 1.42. The van der Waals surface area contributed by atoms with E-state index in [0.717, 1.165) is 18.1 Å². The predicted octanol–water partition coefficient (Wildman–Crippen LogP) is 3.66. The fourth-order valence-corrected chi connectivity index (χ4v) is 3.71. The highest BCUT2D eigenvalue weighted by atomic mass is 32.1. The van der Waals surface area contributed by atoms with Gasteiger partial charge in [-0.2, -0.15) is 0 Å². The molecule has 4 nitrogen and oxygen atoms in total. The number of nitrogens with zero attached hydrogens (tertiary/aromatic N) is 3. The molecule has 0 amide bonds. The van der Waals surface area contributed by atoms with Crippen molar-refractivity contribution in [2.45, 2.75) is 65.1 Å². The normalized spacial score (nSPS) is 20.4. The van der Waals surface area contributed by atoms with Crippen LogP contribution in [0.15, 0.2) is 11.6 Å². The Bertz CT molecular complexity index is 607.